The highest BCUT2D eigenvalue weighted by atomic mass is 14.3. The quantitative estimate of drug-likeness (QED) is 0.107. The smallest absolute Gasteiger partial charge is 0.0622 e. The van der Waals surface area contributed by atoms with Gasteiger partial charge < -0.3 is 0 Å². The normalized spacial score (nSPS) is 13.3. The Morgan fingerprint density at radius 3 is 1.50 bits per heavy atom. The zero-order valence-corrected chi connectivity index (χ0v) is 34.9. The largest absolute Gasteiger partial charge is 0.0629 e. The van der Waals surface area contributed by atoms with Gasteiger partial charge >= 0.3 is 0 Å². The van der Waals surface area contributed by atoms with Gasteiger partial charge in [-0.3, -0.25) is 0 Å². The molecular weight excluding hydrogens is 697 g/mol. The molecule has 0 fully saturated rings. The van der Waals surface area contributed by atoms with Crippen LogP contribution in [0.3, 0.4) is 0 Å². The molecule has 0 aliphatic heterocycles. The SMILES string of the molecule is [2H]c1c([2H])c([2H])c(-c2ccc3c(-c4cc5ccc(-c6c(C(C)C)cc(C(C)C)cc6C(C)C)cc5c5ccccc45)c4ccccc4c(-c4ccc(C(C)C)cc4)c3c2)c([2H])c1[2H]. The molecule has 0 atom stereocenters. The number of fused-ring (bicyclic) bond motifs is 5. The summed E-state index contributed by atoms with van der Waals surface area (Å²) in [4.78, 5) is 0. The maximum Gasteiger partial charge on any atom is 0.0629 e. The molecule has 0 heteroatoms. The first kappa shape index (κ1) is 32.0. The predicted molar refractivity (Wildman–Crippen MR) is 255 cm³/mol. The van der Waals surface area contributed by atoms with Crippen LogP contribution in [0.4, 0.5) is 0 Å². The molecule has 9 aromatic rings. The maximum absolute atomic E-state index is 8.93. The van der Waals surface area contributed by atoms with E-state index >= 15 is 0 Å². The van der Waals surface area contributed by atoms with Crippen molar-refractivity contribution in [2.75, 3.05) is 0 Å². The molecule has 0 aliphatic rings. The first-order valence-corrected chi connectivity index (χ1v) is 21.0. The minimum atomic E-state index is -0.395. The first-order chi connectivity index (χ1) is 30.2. The van der Waals surface area contributed by atoms with E-state index in [1.54, 1.807) is 0 Å². The van der Waals surface area contributed by atoms with Crippen molar-refractivity contribution in [1.29, 1.82) is 0 Å². The van der Waals surface area contributed by atoms with E-state index in [1.165, 1.54) is 44.2 Å². The topological polar surface area (TPSA) is 0 Å². The van der Waals surface area contributed by atoms with Crippen LogP contribution in [0.2, 0.25) is 0 Å². The van der Waals surface area contributed by atoms with E-state index in [4.69, 9.17) is 6.85 Å². The zero-order chi connectivity index (χ0) is 44.6. The van der Waals surface area contributed by atoms with Crippen LogP contribution in [0.25, 0.3) is 87.6 Å². The van der Waals surface area contributed by atoms with Gasteiger partial charge in [-0.05, 0) is 152 Å². The fraction of sp³-hybridized carbons (Fsp3) is 0.207. The lowest BCUT2D eigenvalue weighted by Gasteiger charge is -2.24. The number of hydrogen-bond acceptors (Lipinski definition) is 0. The third kappa shape index (κ3) is 6.50. The molecule has 0 heterocycles. The first-order valence-electron chi connectivity index (χ1n) is 23.5. The summed E-state index contributed by atoms with van der Waals surface area (Å²) in [6.45, 7) is 18.2. The van der Waals surface area contributed by atoms with Gasteiger partial charge in [0.25, 0.3) is 0 Å². The molecule has 0 unspecified atom stereocenters. The van der Waals surface area contributed by atoms with E-state index in [0.717, 1.165) is 54.6 Å². The molecule has 58 heavy (non-hydrogen) atoms. The second kappa shape index (κ2) is 15.1. The van der Waals surface area contributed by atoms with Crippen molar-refractivity contribution < 1.29 is 6.85 Å². The summed E-state index contributed by atoms with van der Waals surface area (Å²) in [5.74, 6) is 1.55. The summed E-state index contributed by atoms with van der Waals surface area (Å²) in [6, 6.07) is 45.0. The van der Waals surface area contributed by atoms with E-state index in [0.29, 0.717) is 29.2 Å². The van der Waals surface area contributed by atoms with Crippen LogP contribution in [0.5, 0.6) is 0 Å². The number of hydrogen-bond donors (Lipinski definition) is 0. The van der Waals surface area contributed by atoms with Crippen molar-refractivity contribution >= 4 is 43.1 Å². The van der Waals surface area contributed by atoms with Crippen LogP contribution >= 0.6 is 0 Å². The second-order valence-electron chi connectivity index (χ2n) is 17.3. The van der Waals surface area contributed by atoms with E-state index in [-0.39, 0.29) is 29.7 Å². The Kier molecular flexibility index (Phi) is 8.33. The van der Waals surface area contributed by atoms with Crippen molar-refractivity contribution in [3.8, 4) is 44.5 Å². The van der Waals surface area contributed by atoms with Crippen molar-refractivity contribution in [2.45, 2.75) is 79.1 Å². The number of benzene rings is 9. The molecule has 0 radical (unpaired) electrons. The van der Waals surface area contributed by atoms with Gasteiger partial charge in [-0.2, -0.15) is 0 Å². The predicted octanol–water partition coefficient (Wildman–Crippen LogP) is 17.5. The highest BCUT2D eigenvalue weighted by Crippen LogP contribution is 2.48. The summed E-state index contributed by atoms with van der Waals surface area (Å²) in [5, 5.41) is 8.90. The Balaban J connectivity index is 1.37. The summed E-state index contributed by atoms with van der Waals surface area (Å²) in [7, 11) is 0. The average molecular weight is 756 g/mol. The molecular formula is C58H54. The summed E-state index contributed by atoms with van der Waals surface area (Å²) >= 11 is 0. The Bertz CT molecular complexity index is 3220. The maximum atomic E-state index is 8.93. The lowest BCUT2D eigenvalue weighted by atomic mass is 9.80. The Morgan fingerprint density at radius 1 is 0.345 bits per heavy atom. The average Bonchev–Trinajstić information content (AvgIpc) is 3.28. The van der Waals surface area contributed by atoms with Gasteiger partial charge in [0, 0.05) is 0 Å². The van der Waals surface area contributed by atoms with Gasteiger partial charge in [0.2, 0.25) is 0 Å². The Morgan fingerprint density at radius 2 is 0.879 bits per heavy atom. The van der Waals surface area contributed by atoms with Crippen LogP contribution in [-0.2, 0) is 0 Å². The van der Waals surface area contributed by atoms with Crippen molar-refractivity contribution in [3.05, 3.63) is 180 Å². The van der Waals surface area contributed by atoms with Crippen LogP contribution in [-0.4, -0.2) is 0 Å². The van der Waals surface area contributed by atoms with E-state index in [9.17, 15) is 0 Å². The summed E-state index contributed by atoms with van der Waals surface area (Å²) in [6.07, 6.45) is 0. The molecule has 0 aromatic heterocycles. The summed E-state index contributed by atoms with van der Waals surface area (Å²) in [5.41, 5.74) is 13.1. The van der Waals surface area contributed by atoms with Crippen molar-refractivity contribution in [1.82, 2.24) is 0 Å². The van der Waals surface area contributed by atoms with Crippen LogP contribution in [0, 0.1) is 0 Å². The molecule has 9 rings (SSSR count). The van der Waals surface area contributed by atoms with Crippen molar-refractivity contribution in [3.63, 3.8) is 0 Å². The molecule has 9 aromatic carbocycles. The number of rotatable bonds is 8. The van der Waals surface area contributed by atoms with Gasteiger partial charge in [-0.25, -0.2) is 0 Å². The van der Waals surface area contributed by atoms with E-state index < -0.39 is 6.04 Å². The molecule has 0 saturated heterocycles. The molecule has 0 saturated carbocycles. The zero-order valence-electron chi connectivity index (χ0n) is 39.9. The molecule has 286 valence electrons. The van der Waals surface area contributed by atoms with Crippen LogP contribution < -0.4 is 0 Å². The second-order valence-corrected chi connectivity index (χ2v) is 17.3. The highest BCUT2D eigenvalue weighted by molar-refractivity contribution is 6.26. The minimum absolute atomic E-state index is 0.200. The van der Waals surface area contributed by atoms with Gasteiger partial charge in [-0.15, -0.1) is 0 Å². The van der Waals surface area contributed by atoms with E-state index in [1.807, 2.05) is 12.1 Å². The molecule has 0 amide bonds. The van der Waals surface area contributed by atoms with Gasteiger partial charge in [0.05, 0.1) is 6.85 Å². The Hall–Kier alpha value is -5.98. The third-order valence-electron chi connectivity index (χ3n) is 12.2. The van der Waals surface area contributed by atoms with Gasteiger partial charge in [0.15, 0.2) is 0 Å². The lowest BCUT2D eigenvalue weighted by molar-refractivity contribution is 0.807. The standard InChI is InChI=1S/C58H54/c1-35(2)39-22-24-41(25-23-39)56-48-20-14-15-21-49(48)58(50-29-28-42(30-55(50)56)40-16-10-9-11-17-40)54-31-43-26-27-44(32-53(43)46-18-12-13-19-47(46)54)57-51(37(5)6)33-45(36(3)4)34-52(57)38(7)8/h9-38H,1-8H3/i9D,10D,11D,16D,17D. The lowest BCUT2D eigenvalue weighted by Crippen LogP contribution is -2.03. The molecule has 0 bridgehead atoms. The molecule has 0 N–H and O–H groups in total. The fourth-order valence-corrected chi connectivity index (χ4v) is 9.12. The minimum Gasteiger partial charge on any atom is -0.0622 e. The third-order valence-corrected chi connectivity index (χ3v) is 12.2. The molecule has 0 spiro atoms. The highest BCUT2D eigenvalue weighted by Gasteiger charge is 2.22. The fourth-order valence-electron chi connectivity index (χ4n) is 9.12. The monoisotopic (exact) mass is 755 g/mol. The van der Waals surface area contributed by atoms with Crippen molar-refractivity contribution in [2.24, 2.45) is 0 Å². The van der Waals surface area contributed by atoms with Gasteiger partial charge in [0.1, 0.15) is 0 Å². The summed E-state index contributed by atoms with van der Waals surface area (Å²) < 4.78 is 43.2. The van der Waals surface area contributed by atoms with Crippen LogP contribution in [0.15, 0.2) is 158 Å². The van der Waals surface area contributed by atoms with Gasteiger partial charge in [-0.1, -0.05) is 195 Å². The van der Waals surface area contributed by atoms with Crippen LogP contribution in [0.1, 0.15) is 108 Å². The Labute approximate surface area is 352 Å². The molecule has 0 aliphatic carbocycles. The molecule has 0 nitrogen and oxygen atoms in total. The van der Waals surface area contributed by atoms with E-state index in [2.05, 4.69) is 171 Å².